The molecule has 128 valence electrons. The lowest BCUT2D eigenvalue weighted by Crippen LogP contribution is -2.51. The number of ether oxygens (including phenoxy) is 1. The van der Waals surface area contributed by atoms with E-state index in [9.17, 15) is 15.2 Å². The number of aliphatic hydroxyl groups is 1. The summed E-state index contributed by atoms with van der Waals surface area (Å²) in [5.41, 5.74) is -0.0122. The van der Waals surface area contributed by atoms with Crippen molar-refractivity contribution in [3.8, 4) is 5.75 Å². The molecule has 1 aliphatic heterocycles. The molecule has 0 amide bonds. The van der Waals surface area contributed by atoms with Crippen LogP contribution in [0.1, 0.15) is 13.8 Å². The van der Waals surface area contributed by atoms with Gasteiger partial charge >= 0.3 is 0 Å². The highest BCUT2D eigenvalue weighted by Crippen LogP contribution is 2.19. The van der Waals surface area contributed by atoms with Crippen molar-refractivity contribution in [2.45, 2.75) is 26.0 Å². The Balaban J connectivity index is 1.74. The van der Waals surface area contributed by atoms with Crippen molar-refractivity contribution >= 4 is 5.69 Å². The van der Waals surface area contributed by atoms with Gasteiger partial charge in [0.2, 0.25) is 0 Å². The number of β-amino-alcohol motifs (C(OH)–C–C–N with tert-alkyl or cyclic N) is 1. The minimum Gasteiger partial charge on any atom is -0.491 e. The number of piperazine rings is 1. The van der Waals surface area contributed by atoms with Gasteiger partial charge in [-0.1, -0.05) is 6.07 Å². The lowest BCUT2D eigenvalue weighted by atomic mass is 10.2. The summed E-state index contributed by atoms with van der Waals surface area (Å²) in [6.45, 7) is 8.96. The molecule has 1 aromatic carbocycles. The molecule has 7 heteroatoms. The molecule has 23 heavy (non-hydrogen) atoms. The second kappa shape index (κ2) is 8.24. The van der Waals surface area contributed by atoms with Gasteiger partial charge in [0.1, 0.15) is 18.5 Å². The van der Waals surface area contributed by atoms with Gasteiger partial charge in [-0.3, -0.25) is 19.9 Å². The van der Waals surface area contributed by atoms with E-state index in [1.54, 1.807) is 12.1 Å². The lowest BCUT2D eigenvalue weighted by molar-refractivity contribution is -0.384. The molecule has 0 saturated carbocycles. The number of hydrogen-bond donors (Lipinski definition) is 1. The summed E-state index contributed by atoms with van der Waals surface area (Å²) in [5.74, 6) is 0.405. The number of nitro benzene ring substituents is 1. The van der Waals surface area contributed by atoms with Gasteiger partial charge in [0.25, 0.3) is 5.69 Å². The second-order valence-corrected chi connectivity index (χ2v) is 6.15. The Labute approximate surface area is 136 Å². The summed E-state index contributed by atoms with van der Waals surface area (Å²) in [5, 5.41) is 20.8. The largest absolute Gasteiger partial charge is 0.491 e. The maximum Gasteiger partial charge on any atom is 0.273 e. The number of rotatable bonds is 7. The predicted octanol–water partition coefficient (Wildman–Crippen LogP) is 1.36. The monoisotopic (exact) mass is 323 g/mol. The van der Waals surface area contributed by atoms with Crippen LogP contribution >= 0.6 is 0 Å². The number of nitrogens with zero attached hydrogens (tertiary/aromatic N) is 3. The Kier molecular flexibility index (Phi) is 6.32. The molecule has 1 N–H and O–H groups in total. The number of benzene rings is 1. The van der Waals surface area contributed by atoms with E-state index in [0.29, 0.717) is 18.3 Å². The third-order valence-corrected chi connectivity index (χ3v) is 4.08. The first-order valence-electron chi connectivity index (χ1n) is 7.97. The van der Waals surface area contributed by atoms with Crippen LogP contribution in [0.2, 0.25) is 0 Å². The molecular weight excluding hydrogens is 298 g/mol. The SMILES string of the molecule is CC(C)N1CCN(CC(O)COc2cccc([N+](=O)[O-])c2)CC1. The number of nitro groups is 1. The normalized spacial score (nSPS) is 18.1. The van der Waals surface area contributed by atoms with E-state index in [1.807, 2.05) is 0 Å². The second-order valence-electron chi connectivity index (χ2n) is 6.15. The zero-order chi connectivity index (χ0) is 16.8. The van der Waals surface area contributed by atoms with Gasteiger partial charge in [0.15, 0.2) is 0 Å². The van der Waals surface area contributed by atoms with Gasteiger partial charge in [-0.25, -0.2) is 0 Å². The molecule has 1 heterocycles. The van der Waals surface area contributed by atoms with Crippen LogP contribution in [0.15, 0.2) is 24.3 Å². The van der Waals surface area contributed by atoms with Crippen LogP contribution < -0.4 is 4.74 Å². The van der Waals surface area contributed by atoms with Gasteiger partial charge in [0.05, 0.1) is 11.0 Å². The van der Waals surface area contributed by atoms with E-state index in [-0.39, 0.29) is 12.3 Å². The fourth-order valence-corrected chi connectivity index (χ4v) is 2.69. The molecule has 0 aliphatic carbocycles. The predicted molar refractivity (Wildman–Crippen MR) is 87.7 cm³/mol. The van der Waals surface area contributed by atoms with Crippen molar-refractivity contribution in [2.24, 2.45) is 0 Å². The van der Waals surface area contributed by atoms with E-state index >= 15 is 0 Å². The van der Waals surface area contributed by atoms with E-state index in [4.69, 9.17) is 4.74 Å². The summed E-state index contributed by atoms with van der Waals surface area (Å²) in [4.78, 5) is 14.9. The van der Waals surface area contributed by atoms with Gasteiger partial charge in [0, 0.05) is 44.8 Å². The standard InChI is InChI=1S/C16H25N3O4/c1-13(2)18-8-6-17(7-9-18)11-15(20)12-23-16-5-3-4-14(10-16)19(21)22/h3-5,10,13,15,20H,6-9,11-12H2,1-2H3. The summed E-state index contributed by atoms with van der Waals surface area (Å²) < 4.78 is 5.47. The molecule has 1 aliphatic rings. The molecule has 0 radical (unpaired) electrons. The molecule has 1 atom stereocenters. The third-order valence-electron chi connectivity index (χ3n) is 4.08. The van der Waals surface area contributed by atoms with Crippen LogP contribution in [0.4, 0.5) is 5.69 Å². The van der Waals surface area contributed by atoms with Crippen LogP contribution in [-0.4, -0.2) is 71.3 Å². The Morgan fingerprint density at radius 3 is 2.61 bits per heavy atom. The van der Waals surface area contributed by atoms with Crippen molar-refractivity contribution < 1.29 is 14.8 Å². The van der Waals surface area contributed by atoms with Crippen LogP contribution in [-0.2, 0) is 0 Å². The number of aliphatic hydroxyl groups excluding tert-OH is 1. The van der Waals surface area contributed by atoms with Gasteiger partial charge in [-0.2, -0.15) is 0 Å². The summed E-state index contributed by atoms with van der Waals surface area (Å²) in [6, 6.07) is 6.57. The third kappa shape index (κ3) is 5.46. The van der Waals surface area contributed by atoms with Crippen LogP contribution in [0.5, 0.6) is 5.75 Å². The van der Waals surface area contributed by atoms with Crippen LogP contribution in [0.3, 0.4) is 0 Å². The molecule has 1 saturated heterocycles. The molecule has 0 aromatic heterocycles. The van der Waals surface area contributed by atoms with Crippen LogP contribution in [0, 0.1) is 10.1 Å². The highest BCUT2D eigenvalue weighted by atomic mass is 16.6. The van der Waals surface area contributed by atoms with E-state index in [0.717, 1.165) is 26.2 Å². The highest BCUT2D eigenvalue weighted by Gasteiger charge is 2.20. The Hall–Kier alpha value is -1.70. The van der Waals surface area contributed by atoms with E-state index < -0.39 is 11.0 Å². The Morgan fingerprint density at radius 2 is 2.00 bits per heavy atom. The Morgan fingerprint density at radius 1 is 1.30 bits per heavy atom. The molecule has 2 rings (SSSR count). The quantitative estimate of drug-likeness (QED) is 0.603. The molecular formula is C16H25N3O4. The molecule has 1 fully saturated rings. The number of non-ortho nitro benzene ring substituents is 1. The number of hydrogen-bond acceptors (Lipinski definition) is 6. The van der Waals surface area contributed by atoms with Gasteiger partial charge in [-0.05, 0) is 19.9 Å². The molecule has 0 bridgehead atoms. The van der Waals surface area contributed by atoms with Crippen molar-refractivity contribution in [3.05, 3.63) is 34.4 Å². The first kappa shape index (κ1) is 17.7. The van der Waals surface area contributed by atoms with Gasteiger partial charge in [-0.15, -0.1) is 0 Å². The highest BCUT2D eigenvalue weighted by molar-refractivity contribution is 5.37. The first-order chi connectivity index (χ1) is 11.0. The van der Waals surface area contributed by atoms with Crippen molar-refractivity contribution in [1.29, 1.82) is 0 Å². The fourth-order valence-electron chi connectivity index (χ4n) is 2.69. The molecule has 1 aromatic rings. The van der Waals surface area contributed by atoms with Crippen molar-refractivity contribution in [2.75, 3.05) is 39.3 Å². The lowest BCUT2D eigenvalue weighted by Gasteiger charge is -2.37. The fraction of sp³-hybridized carbons (Fsp3) is 0.625. The maximum absolute atomic E-state index is 10.7. The summed E-state index contributed by atoms with van der Waals surface area (Å²) in [6.07, 6.45) is -0.611. The molecule has 7 nitrogen and oxygen atoms in total. The smallest absolute Gasteiger partial charge is 0.273 e. The molecule has 1 unspecified atom stereocenters. The topological polar surface area (TPSA) is 79.1 Å². The zero-order valence-corrected chi connectivity index (χ0v) is 13.7. The first-order valence-corrected chi connectivity index (χ1v) is 7.97. The minimum absolute atomic E-state index is 0.0122. The van der Waals surface area contributed by atoms with Crippen LogP contribution in [0.25, 0.3) is 0 Å². The minimum atomic E-state index is -0.611. The maximum atomic E-state index is 10.7. The Bertz CT molecular complexity index is 516. The zero-order valence-electron chi connectivity index (χ0n) is 13.7. The van der Waals surface area contributed by atoms with E-state index in [1.165, 1.54) is 12.1 Å². The van der Waals surface area contributed by atoms with E-state index in [2.05, 4.69) is 23.6 Å². The summed E-state index contributed by atoms with van der Waals surface area (Å²) >= 11 is 0. The van der Waals surface area contributed by atoms with Gasteiger partial charge < -0.3 is 9.84 Å². The van der Waals surface area contributed by atoms with Crippen molar-refractivity contribution in [1.82, 2.24) is 9.80 Å². The van der Waals surface area contributed by atoms with Crippen molar-refractivity contribution in [3.63, 3.8) is 0 Å². The average molecular weight is 323 g/mol. The summed E-state index contributed by atoms with van der Waals surface area (Å²) in [7, 11) is 0. The molecule has 0 spiro atoms. The average Bonchev–Trinajstić information content (AvgIpc) is 2.53.